The van der Waals surface area contributed by atoms with Gasteiger partial charge in [-0.15, -0.1) is 0 Å². The van der Waals surface area contributed by atoms with Gasteiger partial charge in [0.05, 0.1) is 36.9 Å². The number of rotatable bonds is 7. The van der Waals surface area contributed by atoms with Crippen molar-refractivity contribution in [1.29, 1.82) is 0 Å². The summed E-state index contributed by atoms with van der Waals surface area (Å²) < 4.78 is 45.6. The lowest BCUT2D eigenvalue weighted by Crippen LogP contribution is -2.48. The van der Waals surface area contributed by atoms with Gasteiger partial charge in [0, 0.05) is 42.0 Å². The second-order valence-electron chi connectivity index (χ2n) is 13.5. The Kier molecular flexibility index (Phi) is 8.72. The molecule has 0 unspecified atom stereocenters. The molecule has 0 saturated carbocycles. The lowest BCUT2D eigenvalue weighted by molar-refractivity contribution is -0.128. The van der Waals surface area contributed by atoms with E-state index >= 15 is 4.39 Å². The Hall–Kier alpha value is -5.37. The van der Waals surface area contributed by atoms with Crippen molar-refractivity contribution in [3.63, 3.8) is 0 Å². The van der Waals surface area contributed by atoms with Crippen LogP contribution in [0.2, 0.25) is 0 Å². The molecule has 260 valence electrons. The van der Waals surface area contributed by atoms with E-state index in [4.69, 9.17) is 9.47 Å². The molecule has 3 atom stereocenters. The lowest BCUT2D eigenvalue weighted by atomic mass is 9.83. The molecule has 4 bridgehead atoms. The highest BCUT2D eigenvalue weighted by atomic mass is 19.1. The minimum absolute atomic E-state index is 0.0955. The predicted molar refractivity (Wildman–Crippen MR) is 181 cm³/mol. The van der Waals surface area contributed by atoms with E-state index in [2.05, 4.69) is 20.5 Å². The molecule has 8 rings (SSSR count). The van der Waals surface area contributed by atoms with Crippen molar-refractivity contribution in [2.75, 3.05) is 36.5 Å². The third kappa shape index (κ3) is 6.26. The van der Waals surface area contributed by atoms with Gasteiger partial charge < -0.3 is 19.7 Å². The van der Waals surface area contributed by atoms with Crippen LogP contribution in [-0.4, -0.2) is 61.3 Å². The van der Waals surface area contributed by atoms with E-state index in [9.17, 15) is 14.0 Å². The highest BCUT2D eigenvalue weighted by Crippen LogP contribution is 2.42. The van der Waals surface area contributed by atoms with Crippen LogP contribution in [0.1, 0.15) is 38.8 Å². The SMILES string of the molecule is C[C@@H]1n2ncn(c2=O)-c2ccc(cc2)NCCN(c2ccc(OC[C@@H]3CO[C@@](Cn4cncn4)(c4ccc(F)cc4F)C3)cc2)C(=O)C1(C)C. The number of benzene rings is 3. The largest absolute Gasteiger partial charge is 0.493 e. The first-order valence-electron chi connectivity index (χ1n) is 16.5. The van der Waals surface area contributed by atoms with Crippen molar-refractivity contribution in [2.45, 2.75) is 45.4 Å². The summed E-state index contributed by atoms with van der Waals surface area (Å²) in [5.74, 6) is -1.01. The van der Waals surface area contributed by atoms with Gasteiger partial charge in [0.25, 0.3) is 0 Å². The molecule has 1 fully saturated rings. The lowest BCUT2D eigenvalue weighted by Gasteiger charge is -2.36. The summed E-state index contributed by atoms with van der Waals surface area (Å²) in [6.45, 7) is 7.14. The Labute approximate surface area is 287 Å². The summed E-state index contributed by atoms with van der Waals surface area (Å²) in [5, 5.41) is 11.9. The molecule has 3 aliphatic heterocycles. The number of carbonyl (C=O) groups is 1. The highest BCUT2D eigenvalue weighted by Gasteiger charge is 2.45. The number of nitrogens with zero attached hydrogens (tertiary/aromatic N) is 7. The Morgan fingerprint density at radius 1 is 0.980 bits per heavy atom. The Balaban J connectivity index is 1.08. The van der Waals surface area contributed by atoms with Gasteiger partial charge in [-0.25, -0.2) is 32.5 Å². The number of hydrogen-bond acceptors (Lipinski definition) is 8. The van der Waals surface area contributed by atoms with Crippen LogP contribution in [0.5, 0.6) is 5.75 Å². The fourth-order valence-corrected chi connectivity index (χ4v) is 6.71. The number of amides is 1. The number of fused-ring (bicyclic) bond motifs is 8. The first kappa shape index (κ1) is 33.1. The van der Waals surface area contributed by atoms with E-state index in [1.54, 1.807) is 21.7 Å². The molecule has 5 aromatic rings. The molecule has 1 amide bonds. The van der Waals surface area contributed by atoms with Gasteiger partial charge in [-0.2, -0.15) is 10.2 Å². The van der Waals surface area contributed by atoms with Crippen LogP contribution in [0.25, 0.3) is 5.69 Å². The average Bonchev–Trinajstić information content (AvgIpc) is 3.86. The minimum Gasteiger partial charge on any atom is -0.493 e. The van der Waals surface area contributed by atoms with Crippen molar-refractivity contribution < 1.29 is 23.0 Å². The average molecular weight is 685 g/mol. The fourth-order valence-electron chi connectivity index (χ4n) is 6.71. The first-order valence-corrected chi connectivity index (χ1v) is 16.5. The molecule has 5 heterocycles. The summed E-state index contributed by atoms with van der Waals surface area (Å²) >= 11 is 0. The van der Waals surface area contributed by atoms with Crippen molar-refractivity contribution in [3.05, 3.63) is 113 Å². The second kappa shape index (κ2) is 13.2. The highest BCUT2D eigenvalue weighted by molar-refractivity contribution is 5.97. The maximum atomic E-state index is 15.0. The number of ether oxygens (including phenoxy) is 2. The maximum Gasteiger partial charge on any atom is 0.350 e. The quantitative estimate of drug-likeness (QED) is 0.256. The summed E-state index contributed by atoms with van der Waals surface area (Å²) in [5.41, 5.74) is 0.0891. The second-order valence-corrected chi connectivity index (χ2v) is 13.5. The number of hydrogen-bond donors (Lipinski definition) is 1. The van der Waals surface area contributed by atoms with E-state index in [0.29, 0.717) is 49.8 Å². The predicted octanol–water partition coefficient (Wildman–Crippen LogP) is 4.96. The number of anilines is 2. The zero-order chi connectivity index (χ0) is 35.0. The molecule has 1 saturated heterocycles. The first-order chi connectivity index (χ1) is 24.0. The third-order valence-corrected chi connectivity index (χ3v) is 9.87. The van der Waals surface area contributed by atoms with Crippen LogP contribution in [0, 0.1) is 23.0 Å². The fraction of sp³-hybridized carbons (Fsp3) is 0.361. The van der Waals surface area contributed by atoms with Gasteiger partial charge in [-0.05, 0) is 81.8 Å². The molecule has 1 N–H and O–H groups in total. The van der Waals surface area contributed by atoms with Gasteiger partial charge in [-0.3, -0.25) is 4.79 Å². The van der Waals surface area contributed by atoms with E-state index in [0.717, 1.165) is 11.8 Å². The van der Waals surface area contributed by atoms with Crippen molar-refractivity contribution in [2.24, 2.45) is 11.3 Å². The monoisotopic (exact) mass is 684 g/mol. The molecule has 3 aromatic carbocycles. The molecule has 14 heteroatoms. The van der Waals surface area contributed by atoms with Crippen LogP contribution >= 0.6 is 0 Å². The van der Waals surface area contributed by atoms with E-state index in [1.807, 2.05) is 57.2 Å². The standard InChI is InChI=1S/C36H38F2N8O4/c1-24-35(2,3)33(47)44(15-14-40-27-5-7-29(8-6-27)45-23-42-46(24)34(45)48)28-9-11-30(12-10-28)49-18-25-17-36(50-19-25,20-43-22-39-21-41-43)31-13-4-26(37)16-32(31)38/h4-13,16,21-25,40H,14-15,17-20H2,1-3H3/t24-,25+,36-/m0/s1. The van der Waals surface area contributed by atoms with Crippen LogP contribution in [0.15, 0.2) is 90.5 Å². The topological polar surface area (TPSA) is 121 Å². The number of halogens is 2. The molecule has 3 aliphatic rings. The van der Waals surface area contributed by atoms with E-state index in [1.165, 1.54) is 40.4 Å². The normalized spacial score (nSPS) is 21.9. The molecule has 50 heavy (non-hydrogen) atoms. The Morgan fingerprint density at radius 2 is 1.74 bits per heavy atom. The Morgan fingerprint density at radius 3 is 2.46 bits per heavy atom. The molecule has 0 radical (unpaired) electrons. The van der Waals surface area contributed by atoms with Crippen molar-refractivity contribution in [3.8, 4) is 11.4 Å². The molecule has 0 aliphatic carbocycles. The van der Waals surface area contributed by atoms with Gasteiger partial charge in [0.1, 0.15) is 42.0 Å². The summed E-state index contributed by atoms with van der Waals surface area (Å²) in [7, 11) is 0. The molecular formula is C36H38F2N8O4. The summed E-state index contributed by atoms with van der Waals surface area (Å²) in [4.78, 5) is 33.3. The van der Waals surface area contributed by atoms with Gasteiger partial charge in [0.2, 0.25) is 5.91 Å². The summed E-state index contributed by atoms with van der Waals surface area (Å²) in [6, 6.07) is 17.7. The number of aromatic nitrogens is 6. The van der Waals surface area contributed by atoms with Crippen LogP contribution in [0.4, 0.5) is 20.2 Å². The third-order valence-electron chi connectivity index (χ3n) is 9.87. The van der Waals surface area contributed by atoms with E-state index in [-0.39, 0.29) is 29.6 Å². The van der Waals surface area contributed by atoms with Crippen molar-refractivity contribution in [1.82, 2.24) is 29.1 Å². The molecular weight excluding hydrogens is 646 g/mol. The molecule has 2 aromatic heterocycles. The summed E-state index contributed by atoms with van der Waals surface area (Å²) in [6.07, 6.45) is 4.82. The van der Waals surface area contributed by atoms with Gasteiger partial charge >= 0.3 is 5.69 Å². The maximum absolute atomic E-state index is 15.0. The molecule has 12 nitrogen and oxygen atoms in total. The van der Waals surface area contributed by atoms with Crippen LogP contribution < -0.4 is 20.6 Å². The number of carbonyl (C=O) groups excluding carboxylic acids is 1. The van der Waals surface area contributed by atoms with Gasteiger partial charge in [-0.1, -0.05) is 6.07 Å². The van der Waals surface area contributed by atoms with E-state index < -0.39 is 28.7 Å². The van der Waals surface area contributed by atoms with Gasteiger partial charge in [0.15, 0.2) is 0 Å². The Bertz CT molecular complexity index is 2030. The zero-order valence-corrected chi connectivity index (χ0v) is 28.0. The number of nitrogens with one attached hydrogen (secondary N) is 1. The van der Waals surface area contributed by atoms with Crippen LogP contribution in [-0.2, 0) is 21.7 Å². The molecule has 0 spiro atoms. The minimum atomic E-state index is -1.08. The van der Waals surface area contributed by atoms with Crippen LogP contribution in [0.3, 0.4) is 0 Å². The van der Waals surface area contributed by atoms with Crippen molar-refractivity contribution >= 4 is 17.3 Å². The zero-order valence-electron chi connectivity index (χ0n) is 28.0. The smallest absolute Gasteiger partial charge is 0.350 e.